The number of fused-ring (bicyclic) bond motifs is 1. The van der Waals surface area contributed by atoms with Crippen molar-refractivity contribution in [3.63, 3.8) is 0 Å². The number of anilines is 1. The van der Waals surface area contributed by atoms with Crippen LogP contribution < -0.4 is 15.4 Å². The van der Waals surface area contributed by atoms with Gasteiger partial charge in [0.1, 0.15) is 0 Å². The molecular weight excluding hydrogens is 512 g/mol. The highest BCUT2D eigenvalue weighted by atomic mass is 32.2. The summed E-state index contributed by atoms with van der Waals surface area (Å²) in [6, 6.07) is 16.6. The molecule has 2 aromatic carbocycles. The first kappa shape index (κ1) is 30.5. The molecule has 39 heavy (non-hydrogen) atoms. The second kappa shape index (κ2) is 15.5. The minimum absolute atomic E-state index is 0.289. The second-order valence-corrected chi connectivity index (χ2v) is 10.3. The molecule has 3 N–H and O–H groups in total. The Labute approximate surface area is 235 Å². The van der Waals surface area contributed by atoms with Gasteiger partial charge in [-0.05, 0) is 78.6 Å². The highest BCUT2D eigenvalue weighted by Crippen LogP contribution is 2.31. The zero-order valence-electron chi connectivity index (χ0n) is 22.9. The fourth-order valence-corrected chi connectivity index (χ4v) is 5.14. The minimum atomic E-state index is -2.72. The maximum atomic E-state index is 13.3. The van der Waals surface area contributed by atoms with Crippen molar-refractivity contribution in [2.24, 2.45) is 4.99 Å². The van der Waals surface area contributed by atoms with Gasteiger partial charge in [-0.3, -0.25) is 15.3 Å². The zero-order chi connectivity index (χ0) is 28.1. The lowest BCUT2D eigenvalue weighted by Gasteiger charge is -2.22. The Kier molecular flexibility index (Phi) is 12.1. The smallest absolute Gasteiger partial charge is 0.256 e. The molecule has 0 bridgehead atoms. The molecule has 3 aromatic rings. The van der Waals surface area contributed by atoms with Gasteiger partial charge in [-0.1, -0.05) is 36.4 Å². The van der Waals surface area contributed by atoms with Gasteiger partial charge in [0.25, 0.3) is 5.92 Å². The van der Waals surface area contributed by atoms with Crippen LogP contribution in [0.3, 0.4) is 0 Å². The van der Waals surface area contributed by atoms with Gasteiger partial charge in [0.15, 0.2) is 0 Å². The Morgan fingerprint density at radius 1 is 1.18 bits per heavy atom. The summed E-state index contributed by atoms with van der Waals surface area (Å²) in [5, 5.41) is 8.97. The molecule has 1 saturated heterocycles. The number of pyridine rings is 1. The second-order valence-electron chi connectivity index (χ2n) is 9.54. The molecule has 1 aliphatic heterocycles. The lowest BCUT2D eigenvalue weighted by molar-refractivity contribution is 0.0493. The maximum Gasteiger partial charge on any atom is 0.256 e. The van der Waals surface area contributed by atoms with Gasteiger partial charge in [-0.15, -0.1) is 13.2 Å². The third-order valence-corrected chi connectivity index (χ3v) is 7.41. The maximum absolute atomic E-state index is 13.3. The highest BCUT2D eigenvalue weighted by molar-refractivity contribution is 8.00. The summed E-state index contributed by atoms with van der Waals surface area (Å²) in [5.74, 6) is -3.01. The van der Waals surface area contributed by atoms with Crippen molar-refractivity contribution in [1.82, 2.24) is 15.6 Å². The first-order chi connectivity index (χ1) is 18.9. The first-order valence-electron chi connectivity index (χ1n) is 13.2. The number of aromatic nitrogens is 1. The van der Waals surface area contributed by atoms with E-state index >= 15 is 0 Å². The lowest BCUT2D eigenvalue weighted by Crippen LogP contribution is -2.43. The largest absolute Gasteiger partial charge is 0.329 e. The quantitative estimate of drug-likeness (QED) is 0.135. The van der Waals surface area contributed by atoms with E-state index in [1.807, 2.05) is 48.8 Å². The normalized spacial score (nSPS) is 16.2. The van der Waals surface area contributed by atoms with Crippen LogP contribution in [0.4, 0.5) is 14.5 Å². The number of nitrogens with one attached hydrogen (secondary N) is 3. The van der Waals surface area contributed by atoms with E-state index in [0.29, 0.717) is 19.1 Å². The van der Waals surface area contributed by atoms with E-state index in [1.54, 1.807) is 0 Å². The molecule has 8 heteroatoms. The van der Waals surface area contributed by atoms with E-state index in [4.69, 9.17) is 4.98 Å². The van der Waals surface area contributed by atoms with Crippen LogP contribution in [0, 0.1) is 0 Å². The predicted octanol–water partition coefficient (Wildman–Crippen LogP) is 7.12. The Morgan fingerprint density at radius 3 is 2.72 bits per heavy atom. The average Bonchev–Trinajstić information content (AvgIpc) is 2.95. The monoisotopic (exact) mass is 551 g/mol. The van der Waals surface area contributed by atoms with E-state index in [1.165, 1.54) is 12.8 Å². The van der Waals surface area contributed by atoms with Gasteiger partial charge in [0.05, 0.1) is 23.8 Å². The van der Waals surface area contributed by atoms with Crippen LogP contribution in [0.5, 0.6) is 0 Å². The molecule has 1 atom stereocenters. The lowest BCUT2D eigenvalue weighted by atomic mass is 9.96. The molecule has 208 valence electrons. The molecule has 0 saturated carbocycles. The van der Waals surface area contributed by atoms with Crippen molar-refractivity contribution in [2.45, 2.75) is 45.1 Å². The predicted molar refractivity (Wildman–Crippen MR) is 165 cm³/mol. The minimum Gasteiger partial charge on any atom is -0.329 e. The summed E-state index contributed by atoms with van der Waals surface area (Å²) in [6.45, 7) is 11.7. The number of aliphatic imine (C=N–C) groups is 1. The van der Waals surface area contributed by atoms with Crippen molar-refractivity contribution < 1.29 is 8.78 Å². The van der Waals surface area contributed by atoms with Crippen LogP contribution in [0.15, 0.2) is 79.0 Å². The molecule has 1 aliphatic rings. The fourth-order valence-electron chi connectivity index (χ4n) is 4.48. The summed E-state index contributed by atoms with van der Waals surface area (Å²) in [7, 11) is 0. The van der Waals surface area contributed by atoms with E-state index in [-0.39, 0.29) is 5.75 Å². The molecule has 4 rings (SSSR count). The number of piperidine rings is 1. The Hall–Kier alpha value is -3.07. The molecule has 2 heterocycles. The third-order valence-electron chi connectivity index (χ3n) is 6.39. The van der Waals surface area contributed by atoms with Gasteiger partial charge in [0.2, 0.25) is 0 Å². The molecule has 1 fully saturated rings. The summed E-state index contributed by atoms with van der Waals surface area (Å²) in [5.41, 5.74) is 5.15. The van der Waals surface area contributed by atoms with Gasteiger partial charge in [0, 0.05) is 43.7 Å². The zero-order valence-corrected chi connectivity index (χ0v) is 23.7. The van der Waals surface area contributed by atoms with E-state index in [9.17, 15) is 8.78 Å². The summed E-state index contributed by atoms with van der Waals surface area (Å²) >= 11 is 1.02. The molecular formula is C31H39F2N5S. The van der Waals surface area contributed by atoms with Crippen LogP contribution in [-0.2, 0) is 6.42 Å². The Bertz CT molecular complexity index is 1250. The third kappa shape index (κ3) is 9.56. The summed E-state index contributed by atoms with van der Waals surface area (Å²) < 4.78 is 29.6. The van der Waals surface area contributed by atoms with Crippen LogP contribution in [0.2, 0.25) is 0 Å². The molecule has 1 unspecified atom stereocenters. The number of benzene rings is 2. The van der Waals surface area contributed by atoms with Crippen molar-refractivity contribution >= 4 is 40.2 Å². The van der Waals surface area contributed by atoms with E-state index < -0.39 is 5.92 Å². The topological polar surface area (TPSA) is 61.3 Å². The number of hydrogen-bond acceptors (Lipinski definition) is 6. The van der Waals surface area contributed by atoms with Crippen molar-refractivity contribution in [3.8, 4) is 0 Å². The first-order valence-corrected chi connectivity index (χ1v) is 14.2. The van der Waals surface area contributed by atoms with Crippen molar-refractivity contribution in [2.75, 3.05) is 30.2 Å². The van der Waals surface area contributed by atoms with E-state index in [0.717, 1.165) is 70.8 Å². The van der Waals surface area contributed by atoms with Gasteiger partial charge in [-0.2, -0.15) is 0 Å². The van der Waals surface area contributed by atoms with Gasteiger partial charge in [-0.25, -0.2) is 8.78 Å². The van der Waals surface area contributed by atoms with Crippen LogP contribution in [-0.4, -0.2) is 48.7 Å². The number of nitrogens with zero attached hydrogens (tertiary/aromatic N) is 2. The highest BCUT2D eigenvalue weighted by Gasteiger charge is 2.21. The van der Waals surface area contributed by atoms with Crippen LogP contribution in [0.25, 0.3) is 16.3 Å². The Balaban J connectivity index is 0.00000205. The average molecular weight is 552 g/mol. The van der Waals surface area contributed by atoms with Crippen molar-refractivity contribution in [1.29, 1.82) is 0 Å². The molecule has 0 aliphatic carbocycles. The van der Waals surface area contributed by atoms with Crippen molar-refractivity contribution in [3.05, 3.63) is 90.8 Å². The standard InChI is InChI=1S/C29H35F2N5S.C2H4/c1-21(13-16-33-20-35-23-7-5-14-32-18-23)24-10-6-15-34-28(24)17-22-11-12-27(36-37-19-29(2,30)31)26-9-4-3-8-25(22)26;1-2/h3-4,6,8-13,15-16,23,32,35-36H,5,7,14,17-20H2,1-2H3;1-2H2/b21-13+,33-16-;. The Morgan fingerprint density at radius 2 is 1.97 bits per heavy atom. The number of allylic oxidation sites excluding steroid dienone is 2. The van der Waals surface area contributed by atoms with E-state index in [2.05, 4.69) is 58.6 Å². The van der Waals surface area contributed by atoms with Crippen LogP contribution in [0.1, 0.15) is 43.5 Å². The number of halogens is 2. The molecule has 0 spiro atoms. The molecule has 0 amide bonds. The van der Waals surface area contributed by atoms with Gasteiger partial charge < -0.3 is 10.0 Å². The SMILES string of the molecule is C/C(=C\C=N/CNC1CCCNC1)c1cccnc1Cc1ccc(NSCC(C)(F)F)c2ccccc12.C=C. The van der Waals surface area contributed by atoms with Gasteiger partial charge >= 0.3 is 0 Å². The fraction of sp³-hybridized carbons (Fsp3) is 0.355. The number of hydrogen-bond donors (Lipinski definition) is 3. The summed E-state index contributed by atoms with van der Waals surface area (Å²) in [4.78, 5) is 9.22. The number of alkyl halides is 2. The van der Waals surface area contributed by atoms with Crippen LogP contribution >= 0.6 is 11.9 Å². The summed E-state index contributed by atoms with van der Waals surface area (Å²) in [6.07, 6.45) is 8.78. The molecule has 0 radical (unpaired) electrons. The molecule has 5 nitrogen and oxygen atoms in total. The number of rotatable bonds is 11. The molecule has 1 aromatic heterocycles.